The van der Waals surface area contributed by atoms with Crippen molar-refractivity contribution in [2.75, 3.05) is 0 Å². The predicted molar refractivity (Wildman–Crippen MR) is 68.2 cm³/mol. The summed E-state index contributed by atoms with van der Waals surface area (Å²) < 4.78 is 7.08. The Balaban J connectivity index is 2.11. The van der Waals surface area contributed by atoms with Gasteiger partial charge < -0.3 is 4.74 Å². The van der Waals surface area contributed by atoms with Crippen molar-refractivity contribution < 1.29 is 9.53 Å². The Bertz CT molecular complexity index is 546. The average molecular weight is 244 g/mol. The average Bonchev–Trinajstić information content (AvgIpc) is 2.71. The topological polar surface area (TPSA) is 44.1 Å². The predicted octanol–water partition coefficient (Wildman–Crippen LogP) is 2.65. The van der Waals surface area contributed by atoms with Crippen LogP contribution in [-0.2, 0) is 11.8 Å². The third-order valence-electron chi connectivity index (χ3n) is 3.01. The van der Waals surface area contributed by atoms with Gasteiger partial charge in [-0.05, 0) is 19.4 Å². The van der Waals surface area contributed by atoms with Crippen LogP contribution in [0.1, 0.15) is 34.6 Å². The van der Waals surface area contributed by atoms with Gasteiger partial charge in [0.25, 0.3) is 0 Å². The number of hydrogen-bond acceptors (Lipinski definition) is 3. The molecular weight excluding hydrogens is 228 g/mol. The van der Waals surface area contributed by atoms with Gasteiger partial charge in [0.05, 0.1) is 6.20 Å². The van der Waals surface area contributed by atoms with E-state index in [-0.39, 0.29) is 12.1 Å². The SMILES string of the molecule is Cc1c(C(=O)OC(C)c2ccccc2)cnn1C. The van der Waals surface area contributed by atoms with Gasteiger partial charge in [-0.25, -0.2) is 4.79 Å². The number of carbonyl (C=O) groups is 1. The summed E-state index contributed by atoms with van der Waals surface area (Å²) in [6, 6.07) is 9.66. The van der Waals surface area contributed by atoms with Gasteiger partial charge in [0.2, 0.25) is 0 Å². The van der Waals surface area contributed by atoms with Gasteiger partial charge in [-0.1, -0.05) is 30.3 Å². The van der Waals surface area contributed by atoms with Gasteiger partial charge in [-0.3, -0.25) is 4.68 Å². The van der Waals surface area contributed by atoms with E-state index in [0.717, 1.165) is 11.3 Å². The van der Waals surface area contributed by atoms with Crippen LogP contribution >= 0.6 is 0 Å². The van der Waals surface area contributed by atoms with Crippen LogP contribution in [0.15, 0.2) is 36.5 Å². The lowest BCUT2D eigenvalue weighted by atomic mass is 10.1. The molecule has 2 rings (SSSR count). The molecule has 0 saturated carbocycles. The van der Waals surface area contributed by atoms with Gasteiger partial charge in [-0.15, -0.1) is 0 Å². The number of rotatable bonds is 3. The van der Waals surface area contributed by atoms with Crippen molar-refractivity contribution in [3.05, 3.63) is 53.3 Å². The summed E-state index contributed by atoms with van der Waals surface area (Å²) in [5, 5.41) is 4.03. The fourth-order valence-corrected chi connectivity index (χ4v) is 1.72. The lowest BCUT2D eigenvalue weighted by Gasteiger charge is -2.13. The zero-order chi connectivity index (χ0) is 13.1. The van der Waals surface area contributed by atoms with Crippen molar-refractivity contribution >= 4 is 5.97 Å². The zero-order valence-corrected chi connectivity index (χ0v) is 10.8. The Morgan fingerprint density at radius 3 is 2.56 bits per heavy atom. The Labute approximate surface area is 106 Å². The van der Waals surface area contributed by atoms with Gasteiger partial charge in [0, 0.05) is 12.7 Å². The maximum Gasteiger partial charge on any atom is 0.342 e. The van der Waals surface area contributed by atoms with Crippen molar-refractivity contribution in [2.24, 2.45) is 7.05 Å². The summed E-state index contributed by atoms with van der Waals surface area (Å²) >= 11 is 0. The molecule has 0 spiro atoms. The fraction of sp³-hybridized carbons (Fsp3) is 0.286. The molecule has 0 amide bonds. The van der Waals surface area contributed by atoms with Crippen molar-refractivity contribution in [3.63, 3.8) is 0 Å². The smallest absolute Gasteiger partial charge is 0.342 e. The number of aromatic nitrogens is 2. The fourth-order valence-electron chi connectivity index (χ4n) is 1.72. The van der Waals surface area contributed by atoms with E-state index in [1.165, 1.54) is 6.20 Å². The zero-order valence-electron chi connectivity index (χ0n) is 10.8. The number of benzene rings is 1. The minimum atomic E-state index is -0.336. The normalized spacial score (nSPS) is 12.2. The molecule has 0 fully saturated rings. The molecule has 1 aromatic carbocycles. The summed E-state index contributed by atoms with van der Waals surface area (Å²) in [5.74, 6) is -0.336. The van der Waals surface area contributed by atoms with E-state index < -0.39 is 0 Å². The molecule has 0 aliphatic rings. The monoisotopic (exact) mass is 244 g/mol. The van der Waals surface area contributed by atoms with Crippen LogP contribution < -0.4 is 0 Å². The second-order valence-electron chi connectivity index (χ2n) is 4.23. The number of nitrogens with zero attached hydrogens (tertiary/aromatic N) is 2. The standard InChI is InChI=1S/C14H16N2O2/c1-10-13(9-15-16(10)3)14(17)18-11(2)12-7-5-4-6-8-12/h4-9,11H,1-3H3. The van der Waals surface area contributed by atoms with Crippen LogP contribution in [0.4, 0.5) is 0 Å². The molecular formula is C14H16N2O2. The first kappa shape index (κ1) is 12.4. The third-order valence-corrected chi connectivity index (χ3v) is 3.01. The largest absolute Gasteiger partial charge is 0.454 e. The van der Waals surface area contributed by atoms with Gasteiger partial charge in [-0.2, -0.15) is 5.10 Å². The number of carbonyl (C=O) groups excluding carboxylic acids is 1. The van der Waals surface area contributed by atoms with E-state index in [2.05, 4.69) is 5.10 Å². The van der Waals surface area contributed by atoms with Crippen molar-refractivity contribution in [1.82, 2.24) is 9.78 Å². The first-order valence-electron chi connectivity index (χ1n) is 5.84. The highest BCUT2D eigenvalue weighted by molar-refractivity contribution is 5.90. The summed E-state index contributed by atoms with van der Waals surface area (Å²) in [6.07, 6.45) is 1.27. The second kappa shape index (κ2) is 5.04. The van der Waals surface area contributed by atoms with Crippen molar-refractivity contribution in [1.29, 1.82) is 0 Å². The van der Waals surface area contributed by atoms with Crippen LogP contribution in [0.25, 0.3) is 0 Å². The molecule has 1 heterocycles. The lowest BCUT2D eigenvalue weighted by molar-refractivity contribution is 0.0337. The van der Waals surface area contributed by atoms with Crippen molar-refractivity contribution in [3.8, 4) is 0 Å². The Kier molecular flexibility index (Phi) is 3.46. The van der Waals surface area contributed by atoms with Crippen molar-refractivity contribution in [2.45, 2.75) is 20.0 Å². The molecule has 2 aromatic rings. The lowest BCUT2D eigenvalue weighted by Crippen LogP contribution is -2.10. The number of esters is 1. The molecule has 1 unspecified atom stereocenters. The molecule has 0 bridgehead atoms. The molecule has 0 saturated heterocycles. The number of hydrogen-bond donors (Lipinski definition) is 0. The molecule has 18 heavy (non-hydrogen) atoms. The van der Waals surface area contributed by atoms with Gasteiger partial charge in [0.1, 0.15) is 11.7 Å². The maximum atomic E-state index is 12.0. The quantitative estimate of drug-likeness (QED) is 0.780. The minimum Gasteiger partial charge on any atom is -0.454 e. The van der Waals surface area contributed by atoms with E-state index in [9.17, 15) is 4.79 Å². The van der Waals surface area contributed by atoms with Gasteiger partial charge in [0.15, 0.2) is 0 Å². The van der Waals surface area contributed by atoms with Crippen LogP contribution in [0.2, 0.25) is 0 Å². The number of aryl methyl sites for hydroxylation is 1. The Hall–Kier alpha value is -2.10. The van der Waals surface area contributed by atoms with Crippen LogP contribution in [0.5, 0.6) is 0 Å². The third kappa shape index (κ3) is 2.42. The number of ether oxygens (including phenoxy) is 1. The second-order valence-corrected chi connectivity index (χ2v) is 4.23. The highest BCUT2D eigenvalue weighted by atomic mass is 16.5. The van der Waals surface area contributed by atoms with Crippen LogP contribution in [0, 0.1) is 6.92 Å². The summed E-state index contributed by atoms with van der Waals surface area (Å²) in [4.78, 5) is 12.0. The van der Waals surface area contributed by atoms with Crippen LogP contribution in [-0.4, -0.2) is 15.7 Å². The first-order chi connectivity index (χ1) is 8.59. The van der Waals surface area contributed by atoms with Gasteiger partial charge >= 0.3 is 5.97 Å². The first-order valence-corrected chi connectivity index (χ1v) is 5.84. The highest BCUT2D eigenvalue weighted by Crippen LogP contribution is 2.19. The molecule has 94 valence electrons. The minimum absolute atomic E-state index is 0.265. The maximum absolute atomic E-state index is 12.0. The molecule has 0 radical (unpaired) electrons. The van der Waals surface area contributed by atoms with Crippen LogP contribution in [0.3, 0.4) is 0 Å². The molecule has 0 aliphatic heterocycles. The van der Waals surface area contributed by atoms with E-state index >= 15 is 0 Å². The van der Waals surface area contributed by atoms with E-state index in [4.69, 9.17) is 4.74 Å². The van der Waals surface area contributed by atoms with E-state index in [0.29, 0.717) is 5.56 Å². The summed E-state index contributed by atoms with van der Waals surface area (Å²) in [5.41, 5.74) is 2.30. The summed E-state index contributed by atoms with van der Waals surface area (Å²) in [6.45, 7) is 3.70. The Morgan fingerprint density at radius 2 is 2.00 bits per heavy atom. The molecule has 0 N–H and O–H groups in total. The molecule has 0 aliphatic carbocycles. The molecule has 1 atom stereocenters. The van der Waals surface area contributed by atoms with E-state index in [1.807, 2.05) is 44.2 Å². The molecule has 1 aromatic heterocycles. The molecule has 4 heteroatoms. The summed E-state index contributed by atoms with van der Waals surface area (Å²) in [7, 11) is 1.80. The Morgan fingerprint density at radius 1 is 1.33 bits per heavy atom. The van der Waals surface area contributed by atoms with E-state index in [1.54, 1.807) is 11.7 Å². The highest BCUT2D eigenvalue weighted by Gasteiger charge is 2.17. The molecule has 4 nitrogen and oxygen atoms in total.